The Balaban J connectivity index is 1.28. The third kappa shape index (κ3) is 8.91. The normalized spacial score (nSPS) is 18.4. The van der Waals surface area contributed by atoms with E-state index < -0.39 is 0 Å². The third-order valence-corrected chi connectivity index (χ3v) is 8.02. The molecule has 1 amide bonds. The Labute approximate surface area is 233 Å². The van der Waals surface area contributed by atoms with Crippen molar-refractivity contribution in [3.8, 4) is 17.4 Å². The first-order valence-corrected chi connectivity index (χ1v) is 16.3. The number of benzene rings is 1. The van der Waals surface area contributed by atoms with Gasteiger partial charge in [0.15, 0.2) is 0 Å². The molecule has 2 aromatic rings. The number of fused-ring (bicyclic) bond motifs is 1. The van der Waals surface area contributed by atoms with Crippen LogP contribution >= 0.6 is 0 Å². The maximum absolute atomic E-state index is 11.3. The highest BCUT2D eigenvalue weighted by Gasteiger charge is 2.28. The van der Waals surface area contributed by atoms with Gasteiger partial charge in [-0.1, -0.05) is 19.2 Å². The van der Waals surface area contributed by atoms with Gasteiger partial charge in [0, 0.05) is 78.3 Å². The Morgan fingerprint density at radius 3 is 2.79 bits per heavy atom. The predicted molar refractivity (Wildman–Crippen MR) is 155 cm³/mol. The molecule has 1 saturated heterocycles. The lowest BCUT2D eigenvalue weighted by atomic mass is 10.0. The standard InChI is InChI=1S/C29H40N5O4Si/c1-21(35)33-24-9-12-34(13-10-24)19-26-16-22-4-6-25(17-28(22)37-26)38-29-7-5-23(18-31-29)27(8-11-30)32-20-36-14-15-39(2)3/h4-8,11,17-18,24,26H,9-10,12-16,19-20,30H2,1-3H3,(H,33,35). The van der Waals surface area contributed by atoms with Crippen LogP contribution in [0.1, 0.15) is 30.9 Å². The van der Waals surface area contributed by atoms with Crippen LogP contribution in [0.25, 0.3) is 0 Å². The number of aromatic nitrogens is 1. The van der Waals surface area contributed by atoms with Gasteiger partial charge in [-0.15, -0.1) is 0 Å². The Morgan fingerprint density at radius 1 is 1.28 bits per heavy atom. The molecule has 3 N–H and O–H groups in total. The molecule has 209 valence electrons. The van der Waals surface area contributed by atoms with Gasteiger partial charge in [-0.05, 0) is 48.9 Å². The summed E-state index contributed by atoms with van der Waals surface area (Å²) in [5.41, 5.74) is 8.37. The molecule has 1 radical (unpaired) electrons. The molecular formula is C29H40N5O4Si. The second-order valence-corrected chi connectivity index (χ2v) is 13.3. The zero-order valence-corrected chi connectivity index (χ0v) is 24.2. The molecule has 1 aromatic heterocycles. The van der Waals surface area contributed by atoms with Crippen LogP contribution in [0.3, 0.4) is 0 Å². The maximum Gasteiger partial charge on any atom is 0.219 e. The summed E-state index contributed by atoms with van der Waals surface area (Å²) >= 11 is 0. The quantitative estimate of drug-likeness (QED) is 0.235. The molecule has 3 heterocycles. The van der Waals surface area contributed by atoms with Crippen LogP contribution in [-0.2, 0) is 16.0 Å². The Hall–Kier alpha value is -3.21. The lowest BCUT2D eigenvalue weighted by molar-refractivity contribution is -0.120. The number of carbonyl (C=O) groups excluding carboxylic acids is 1. The fourth-order valence-electron chi connectivity index (χ4n) is 4.78. The van der Waals surface area contributed by atoms with E-state index in [2.05, 4.69) is 39.4 Å². The van der Waals surface area contributed by atoms with Gasteiger partial charge >= 0.3 is 0 Å². The SMILES string of the molecule is CC(=O)NC1CCN(CC2Cc3ccc(Oc4ccc(C(C=CN)=NCOCC[Si](C)C)cn4)cc3O2)CC1. The third-order valence-electron chi connectivity index (χ3n) is 6.82. The van der Waals surface area contributed by atoms with Gasteiger partial charge in [-0.3, -0.25) is 14.7 Å². The first-order chi connectivity index (χ1) is 18.9. The van der Waals surface area contributed by atoms with Gasteiger partial charge in [0.1, 0.15) is 24.3 Å². The topological polar surface area (TPSA) is 111 Å². The minimum atomic E-state index is -0.296. The Kier molecular flexibility index (Phi) is 10.5. The van der Waals surface area contributed by atoms with Gasteiger partial charge in [0.2, 0.25) is 11.8 Å². The van der Waals surface area contributed by atoms with E-state index in [0.717, 1.165) is 62.9 Å². The van der Waals surface area contributed by atoms with E-state index >= 15 is 0 Å². The Morgan fingerprint density at radius 2 is 2.10 bits per heavy atom. The van der Waals surface area contributed by atoms with E-state index in [-0.39, 0.29) is 26.8 Å². The number of rotatable bonds is 12. The number of nitrogens with one attached hydrogen (secondary N) is 1. The number of hydrogen-bond acceptors (Lipinski definition) is 8. The summed E-state index contributed by atoms with van der Waals surface area (Å²) in [6.07, 6.45) is 7.89. The number of ether oxygens (including phenoxy) is 3. The average Bonchev–Trinajstić information content (AvgIpc) is 3.30. The van der Waals surface area contributed by atoms with Crippen molar-refractivity contribution in [2.45, 2.75) is 57.5 Å². The summed E-state index contributed by atoms with van der Waals surface area (Å²) in [5, 5.41) is 3.03. The number of aliphatic imine (C=N–C) groups is 1. The molecule has 4 rings (SSSR count). The van der Waals surface area contributed by atoms with Crippen LogP contribution in [0.4, 0.5) is 0 Å². The van der Waals surface area contributed by atoms with Gasteiger partial charge in [0.05, 0.1) is 5.71 Å². The second-order valence-electron chi connectivity index (χ2n) is 10.4. The number of piperidine rings is 1. The molecule has 0 bridgehead atoms. The van der Waals surface area contributed by atoms with E-state index in [1.54, 1.807) is 19.2 Å². The number of amides is 1. The summed E-state index contributed by atoms with van der Waals surface area (Å²) in [5.74, 6) is 2.09. The van der Waals surface area contributed by atoms with E-state index in [1.165, 1.54) is 11.8 Å². The zero-order valence-electron chi connectivity index (χ0n) is 23.2. The van der Waals surface area contributed by atoms with Crippen molar-refractivity contribution in [2.75, 3.05) is 33.0 Å². The summed E-state index contributed by atoms with van der Waals surface area (Å²) < 4.78 is 17.9. The smallest absolute Gasteiger partial charge is 0.219 e. The van der Waals surface area contributed by atoms with Crippen LogP contribution in [0.2, 0.25) is 19.1 Å². The molecule has 2 aliphatic heterocycles. The monoisotopic (exact) mass is 550 g/mol. The van der Waals surface area contributed by atoms with Crippen molar-refractivity contribution < 1.29 is 19.0 Å². The fraction of sp³-hybridized carbons (Fsp3) is 0.483. The lowest BCUT2D eigenvalue weighted by Gasteiger charge is -2.33. The van der Waals surface area contributed by atoms with Crippen LogP contribution in [-0.4, -0.2) is 75.4 Å². The van der Waals surface area contributed by atoms with Gasteiger partial charge in [0.25, 0.3) is 0 Å². The highest BCUT2D eigenvalue weighted by atomic mass is 28.3. The number of carbonyl (C=O) groups is 1. The van der Waals surface area contributed by atoms with Crippen molar-refractivity contribution in [3.05, 3.63) is 59.9 Å². The molecule has 10 heteroatoms. The molecule has 0 saturated carbocycles. The highest BCUT2D eigenvalue weighted by Crippen LogP contribution is 2.34. The molecule has 1 atom stereocenters. The maximum atomic E-state index is 11.3. The second kappa shape index (κ2) is 14.3. The number of nitrogens with two attached hydrogens (primary N) is 1. The van der Waals surface area contributed by atoms with Gasteiger partial charge in [-0.2, -0.15) is 0 Å². The van der Waals surface area contributed by atoms with Crippen LogP contribution in [0.15, 0.2) is 53.8 Å². The number of nitrogens with zero attached hydrogens (tertiary/aromatic N) is 3. The van der Waals surface area contributed by atoms with Gasteiger partial charge in [-0.25, -0.2) is 4.98 Å². The van der Waals surface area contributed by atoms with Crippen LogP contribution < -0.4 is 20.5 Å². The Bertz CT molecular complexity index is 1150. The van der Waals surface area contributed by atoms with E-state index in [4.69, 9.17) is 19.9 Å². The van der Waals surface area contributed by atoms with Crippen molar-refractivity contribution in [1.29, 1.82) is 0 Å². The van der Waals surface area contributed by atoms with Gasteiger partial charge < -0.3 is 25.3 Å². The van der Waals surface area contributed by atoms with Crippen molar-refractivity contribution in [3.63, 3.8) is 0 Å². The van der Waals surface area contributed by atoms with Crippen molar-refractivity contribution in [2.24, 2.45) is 10.7 Å². The summed E-state index contributed by atoms with van der Waals surface area (Å²) in [6, 6.07) is 11.1. The summed E-state index contributed by atoms with van der Waals surface area (Å²) in [6.45, 7) is 9.95. The highest BCUT2D eigenvalue weighted by molar-refractivity contribution is 6.55. The predicted octanol–water partition coefficient (Wildman–Crippen LogP) is 3.77. The average molecular weight is 551 g/mol. The first-order valence-electron chi connectivity index (χ1n) is 13.6. The molecule has 1 fully saturated rings. The molecule has 0 aliphatic carbocycles. The molecule has 2 aliphatic rings. The molecule has 9 nitrogen and oxygen atoms in total. The molecule has 1 aromatic carbocycles. The largest absolute Gasteiger partial charge is 0.488 e. The fourth-order valence-corrected chi connectivity index (χ4v) is 5.33. The van der Waals surface area contributed by atoms with Crippen LogP contribution in [0, 0.1) is 0 Å². The molecule has 39 heavy (non-hydrogen) atoms. The van der Waals surface area contributed by atoms with E-state index in [0.29, 0.717) is 24.1 Å². The zero-order chi connectivity index (χ0) is 27.6. The summed E-state index contributed by atoms with van der Waals surface area (Å²) in [7, 11) is -0.296. The van der Waals surface area contributed by atoms with Crippen molar-refractivity contribution in [1.82, 2.24) is 15.2 Å². The number of pyridine rings is 1. The minimum absolute atomic E-state index is 0.0494. The molecule has 1 unspecified atom stereocenters. The number of likely N-dealkylation sites (tertiary alicyclic amines) is 1. The first kappa shape index (κ1) is 28.8. The number of allylic oxidation sites excluding steroid dienone is 1. The van der Waals surface area contributed by atoms with Crippen LogP contribution in [0.5, 0.6) is 17.4 Å². The minimum Gasteiger partial charge on any atom is -0.488 e. The molecular weight excluding hydrogens is 510 g/mol. The lowest BCUT2D eigenvalue weighted by Crippen LogP contribution is -2.46. The summed E-state index contributed by atoms with van der Waals surface area (Å²) in [4.78, 5) is 22.7. The van der Waals surface area contributed by atoms with Crippen molar-refractivity contribution >= 4 is 20.4 Å². The van der Waals surface area contributed by atoms with E-state index in [1.807, 2.05) is 24.3 Å². The van der Waals surface area contributed by atoms with E-state index in [9.17, 15) is 4.79 Å². The number of hydrogen-bond donors (Lipinski definition) is 2. The molecule has 0 spiro atoms.